The molecule has 1 fully saturated rings. The van der Waals surface area contributed by atoms with E-state index in [0.29, 0.717) is 0 Å². The zero-order valence-electron chi connectivity index (χ0n) is 7.06. The van der Waals surface area contributed by atoms with Gasteiger partial charge in [-0.1, -0.05) is 26.7 Å². The Bertz CT molecular complexity index is 111. The van der Waals surface area contributed by atoms with Crippen LogP contribution in [-0.4, -0.2) is 10.7 Å². The Hall–Kier alpha value is -0.0400. The minimum Gasteiger partial charge on any atom is -0.390 e. The van der Waals surface area contributed by atoms with Crippen LogP contribution in [0.5, 0.6) is 0 Å². The topological polar surface area (TPSA) is 20.2 Å². The zero-order valence-corrected chi connectivity index (χ0v) is 7.06. The van der Waals surface area contributed by atoms with Crippen molar-refractivity contribution >= 4 is 0 Å². The lowest BCUT2D eigenvalue weighted by Gasteiger charge is -2.34. The molecule has 0 aromatic carbocycles. The fraction of sp³-hybridized carbons (Fsp3) is 1.00. The second kappa shape index (κ2) is 2.91. The summed E-state index contributed by atoms with van der Waals surface area (Å²) in [6.07, 6.45) is 5.49. The summed E-state index contributed by atoms with van der Waals surface area (Å²) in [5.74, 6) is 0.735. The van der Waals surface area contributed by atoms with Gasteiger partial charge in [0.2, 0.25) is 0 Å². The molecule has 0 radical (unpaired) electrons. The van der Waals surface area contributed by atoms with Gasteiger partial charge in [0.15, 0.2) is 0 Å². The molecule has 0 heterocycles. The van der Waals surface area contributed by atoms with E-state index >= 15 is 0 Å². The Labute approximate surface area is 63.4 Å². The van der Waals surface area contributed by atoms with Crippen molar-refractivity contribution in [3.05, 3.63) is 0 Å². The molecule has 0 aliphatic heterocycles. The summed E-state index contributed by atoms with van der Waals surface area (Å²) in [6.45, 7) is 4.32. The van der Waals surface area contributed by atoms with E-state index < -0.39 is 0 Å². The summed E-state index contributed by atoms with van der Waals surface area (Å²) in [5, 5.41) is 9.85. The van der Waals surface area contributed by atoms with Crippen molar-refractivity contribution < 1.29 is 5.11 Å². The molecule has 10 heavy (non-hydrogen) atoms. The number of hydrogen-bond acceptors (Lipinski definition) is 1. The fourth-order valence-corrected chi connectivity index (χ4v) is 1.95. The molecule has 1 unspecified atom stereocenters. The normalized spacial score (nSPS) is 41.7. The lowest BCUT2D eigenvalue weighted by Crippen LogP contribution is -2.33. The summed E-state index contributed by atoms with van der Waals surface area (Å²) in [4.78, 5) is 0. The number of hydrogen-bond donors (Lipinski definition) is 1. The summed E-state index contributed by atoms with van der Waals surface area (Å²) >= 11 is 0. The summed E-state index contributed by atoms with van der Waals surface area (Å²) in [6, 6.07) is 0. The van der Waals surface area contributed by atoms with Crippen LogP contribution < -0.4 is 0 Å². The molecule has 0 spiro atoms. The highest BCUT2D eigenvalue weighted by Gasteiger charge is 2.30. The predicted molar refractivity (Wildman–Crippen MR) is 42.9 cm³/mol. The second-order valence-corrected chi connectivity index (χ2v) is 3.78. The van der Waals surface area contributed by atoms with Crippen LogP contribution in [0.25, 0.3) is 0 Å². The average Bonchev–Trinajstić information content (AvgIpc) is 1.88. The highest BCUT2D eigenvalue weighted by Crippen LogP contribution is 2.33. The minimum atomic E-state index is -0.308. The molecule has 1 heteroatoms. The van der Waals surface area contributed by atoms with Crippen LogP contribution in [0.3, 0.4) is 0 Å². The van der Waals surface area contributed by atoms with Gasteiger partial charge in [0.1, 0.15) is 0 Å². The molecule has 0 aromatic heterocycles. The standard InChI is InChI=1S/C9H18O/c1-3-9(10)6-4-5-8(2)7-9/h8,10H,3-7H2,1-2H3/t8-,9?/m1/s1. The van der Waals surface area contributed by atoms with Gasteiger partial charge in [0.25, 0.3) is 0 Å². The Morgan fingerprint density at radius 2 is 2.30 bits per heavy atom. The molecule has 1 saturated carbocycles. The van der Waals surface area contributed by atoms with Gasteiger partial charge in [-0.2, -0.15) is 0 Å². The molecular weight excluding hydrogens is 124 g/mol. The smallest absolute Gasteiger partial charge is 0.0647 e. The minimum absolute atomic E-state index is 0.308. The zero-order chi connectivity index (χ0) is 7.61. The molecule has 0 bridgehead atoms. The van der Waals surface area contributed by atoms with Crippen LogP contribution >= 0.6 is 0 Å². The number of rotatable bonds is 1. The fourth-order valence-electron chi connectivity index (χ4n) is 1.95. The van der Waals surface area contributed by atoms with Crippen LogP contribution in [0.1, 0.15) is 46.0 Å². The Balaban J connectivity index is 2.45. The molecule has 0 saturated heterocycles. The van der Waals surface area contributed by atoms with Crippen molar-refractivity contribution in [3.8, 4) is 0 Å². The number of aliphatic hydroxyl groups is 1. The third-order valence-electron chi connectivity index (χ3n) is 2.73. The first-order chi connectivity index (χ1) is 4.66. The maximum absolute atomic E-state index is 9.85. The van der Waals surface area contributed by atoms with E-state index in [1.165, 1.54) is 12.8 Å². The molecule has 1 aliphatic carbocycles. The van der Waals surface area contributed by atoms with Crippen LogP contribution in [0.2, 0.25) is 0 Å². The van der Waals surface area contributed by atoms with E-state index in [-0.39, 0.29) is 5.60 Å². The lowest BCUT2D eigenvalue weighted by atomic mass is 9.78. The van der Waals surface area contributed by atoms with E-state index in [2.05, 4.69) is 13.8 Å². The largest absolute Gasteiger partial charge is 0.390 e. The van der Waals surface area contributed by atoms with Crippen molar-refractivity contribution in [1.82, 2.24) is 0 Å². The van der Waals surface area contributed by atoms with E-state index in [9.17, 15) is 5.11 Å². The van der Waals surface area contributed by atoms with Gasteiger partial charge < -0.3 is 5.11 Å². The monoisotopic (exact) mass is 142 g/mol. The van der Waals surface area contributed by atoms with Crippen LogP contribution in [-0.2, 0) is 0 Å². The molecule has 0 aromatic rings. The first-order valence-electron chi connectivity index (χ1n) is 4.39. The third kappa shape index (κ3) is 1.72. The second-order valence-electron chi connectivity index (χ2n) is 3.78. The average molecular weight is 142 g/mol. The molecule has 1 rings (SSSR count). The Morgan fingerprint density at radius 3 is 2.70 bits per heavy atom. The predicted octanol–water partition coefficient (Wildman–Crippen LogP) is 2.34. The lowest BCUT2D eigenvalue weighted by molar-refractivity contribution is -0.0159. The van der Waals surface area contributed by atoms with E-state index in [0.717, 1.165) is 25.2 Å². The van der Waals surface area contributed by atoms with Crippen LogP contribution in [0.15, 0.2) is 0 Å². The van der Waals surface area contributed by atoms with Crippen molar-refractivity contribution in [1.29, 1.82) is 0 Å². The highest BCUT2D eigenvalue weighted by molar-refractivity contribution is 4.83. The van der Waals surface area contributed by atoms with Crippen molar-refractivity contribution in [2.24, 2.45) is 5.92 Å². The van der Waals surface area contributed by atoms with Gasteiger partial charge >= 0.3 is 0 Å². The molecule has 1 aliphatic rings. The highest BCUT2D eigenvalue weighted by atomic mass is 16.3. The molecule has 2 atom stereocenters. The van der Waals surface area contributed by atoms with Gasteiger partial charge in [-0.15, -0.1) is 0 Å². The summed E-state index contributed by atoms with van der Waals surface area (Å²) in [5.41, 5.74) is -0.308. The Morgan fingerprint density at radius 1 is 1.60 bits per heavy atom. The Kier molecular flexibility index (Phi) is 2.35. The van der Waals surface area contributed by atoms with Crippen molar-refractivity contribution in [3.63, 3.8) is 0 Å². The first-order valence-corrected chi connectivity index (χ1v) is 4.39. The molecular formula is C9H18O. The van der Waals surface area contributed by atoms with Gasteiger partial charge in [-0.25, -0.2) is 0 Å². The van der Waals surface area contributed by atoms with E-state index in [1.54, 1.807) is 0 Å². The van der Waals surface area contributed by atoms with E-state index in [1.807, 2.05) is 0 Å². The quantitative estimate of drug-likeness (QED) is 0.595. The first kappa shape index (κ1) is 8.06. The molecule has 60 valence electrons. The maximum atomic E-state index is 9.85. The van der Waals surface area contributed by atoms with Gasteiger partial charge in [-0.3, -0.25) is 0 Å². The molecule has 1 N–H and O–H groups in total. The van der Waals surface area contributed by atoms with Gasteiger partial charge in [0.05, 0.1) is 5.60 Å². The van der Waals surface area contributed by atoms with Gasteiger partial charge in [0, 0.05) is 0 Å². The van der Waals surface area contributed by atoms with E-state index in [4.69, 9.17) is 0 Å². The van der Waals surface area contributed by atoms with Crippen LogP contribution in [0, 0.1) is 5.92 Å². The van der Waals surface area contributed by atoms with Crippen LogP contribution in [0.4, 0.5) is 0 Å². The SMILES string of the molecule is CCC1(O)CCC[C@@H](C)C1. The third-order valence-corrected chi connectivity index (χ3v) is 2.73. The maximum Gasteiger partial charge on any atom is 0.0647 e. The molecule has 0 amide bonds. The van der Waals surface area contributed by atoms with Crippen molar-refractivity contribution in [2.75, 3.05) is 0 Å². The molecule has 1 nitrogen and oxygen atoms in total. The van der Waals surface area contributed by atoms with Crippen molar-refractivity contribution in [2.45, 2.75) is 51.6 Å². The van der Waals surface area contributed by atoms with Gasteiger partial charge in [-0.05, 0) is 25.2 Å². The summed E-state index contributed by atoms with van der Waals surface area (Å²) in [7, 11) is 0. The summed E-state index contributed by atoms with van der Waals surface area (Å²) < 4.78 is 0.